The quantitative estimate of drug-likeness (QED) is 0.705. The van der Waals surface area contributed by atoms with Gasteiger partial charge in [0.05, 0.1) is 6.20 Å². The second-order valence-corrected chi connectivity index (χ2v) is 4.11. The van der Waals surface area contributed by atoms with Crippen LogP contribution in [0.25, 0.3) is 10.6 Å². The van der Waals surface area contributed by atoms with Crippen LogP contribution in [-0.4, -0.2) is 4.98 Å². The molecule has 0 aliphatic rings. The summed E-state index contributed by atoms with van der Waals surface area (Å²) in [5, 5.41) is 0.614. The van der Waals surface area contributed by atoms with Gasteiger partial charge >= 0.3 is 0 Å². The van der Waals surface area contributed by atoms with Gasteiger partial charge in [-0.1, -0.05) is 23.7 Å². The van der Waals surface area contributed by atoms with E-state index in [9.17, 15) is 4.39 Å². The van der Waals surface area contributed by atoms with Crippen LogP contribution in [0.4, 0.5) is 4.39 Å². The first kappa shape index (κ1) is 8.66. The smallest absolute Gasteiger partial charge is 0.133 e. The first-order chi connectivity index (χ1) is 6.27. The van der Waals surface area contributed by atoms with Crippen LogP contribution in [0.15, 0.2) is 30.5 Å². The molecule has 2 aromatic rings. The molecule has 1 aromatic heterocycles. The van der Waals surface area contributed by atoms with Crippen molar-refractivity contribution in [2.75, 3.05) is 0 Å². The predicted molar refractivity (Wildman–Crippen MR) is 52.5 cm³/mol. The summed E-state index contributed by atoms with van der Waals surface area (Å²) in [7, 11) is 0. The molecule has 0 fully saturated rings. The zero-order valence-corrected chi connectivity index (χ0v) is 8.07. The van der Waals surface area contributed by atoms with Crippen LogP contribution in [0.3, 0.4) is 0 Å². The van der Waals surface area contributed by atoms with E-state index in [0.717, 1.165) is 0 Å². The van der Waals surface area contributed by atoms with Crippen LogP contribution < -0.4 is 0 Å². The van der Waals surface area contributed by atoms with E-state index in [0.29, 0.717) is 14.9 Å². The molecule has 0 N–H and O–H groups in total. The lowest BCUT2D eigenvalue weighted by atomic mass is 10.2. The number of benzene rings is 1. The normalized spacial score (nSPS) is 10.3. The van der Waals surface area contributed by atoms with Crippen molar-refractivity contribution >= 4 is 22.9 Å². The molecule has 0 bridgehead atoms. The molecular weight excluding hydrogens is 209 g/mol. The van der Waals surface area contributed by atoms with Crippen molar-refractivity contribution in [3.05, 3.63) is 40.6 Å². The number of aromatic nitrogens is 1. The zero-order valence-electron chi connectivity index (χ0n) is 6.50. The minimum Gasteiger partial charge on any atom is -0.243 e. The summed E-state index contributed by atoms with van der Waals surface area (Å²) in [6, 6.07) is 6.51. The van der Waals surface area contributed by atoms with E-state index >= 15 is 0 Å². The van der Waals surface area contributed by atoms with Gasteiger partial charge in [-0.3, -0.25) is 0 Å². The van der Waals surface area contributed by atoms with E-state index in [-0.39, 0.29) is 5.82 Å². The van der Waals surface area contributed by atoms with Crippen LogP contribution in [0.5, 0.6) is 0 Å². The first-order valence-corrected chi connectivity index (χ1v) is 4.83. The minimum atomic E-state index is -0.270. The average Bonchev–Trinajstić information content (AvgIpc) is 2.53. The van der Waals surface area contributed by atoms with Crippen molar-refractivity contribution in [3.8, 4) is 10.6 Å². The van der Waals surface area contributed by atoms with Gasteiger partial charge in [0, 0.05) is 5.56 Å². The number of nitrogens with zero attached hydrogens (tertiary/aromatic N) is 1. The van der Waals surface area contributed by atoms with E-state index in [1.807, 2.05) is 0 Å². The highest BCUT2D eigenvalue weighted by Gasteiger charge is 2.07. The maximum atomic E-state index is 13.2. The Kier molecular flexibility index (Phi) is 2.29. The summed E-state index contributed by atoms with van der Waals surface area (Å²) in [5.74, 6) is -0.270. The van der Waals surface area contributed by atoms with Gasteiger partial charge < -0.3 is 0 Å². The molecule has 0 radical (unpaired) electrons. The van der Waals surface area contributed by atoms with E-state index in [4.69, 9.17) is 11.6 Å². The Bertz CT molecular complexity index is 427. The molecule has 0 unspecified atom stereocenters. The topological polar surface area (TPSA) is 12.9 Å². The second-order valence-electron chi connectivity index (χ2n) is 2.45. The highest BCUT2D eigenvalue weighted by Crippen LogP contribution is 2.29. The summed E-state index contributed by atoms with van der Waals surface area (Å²) in [4.78, 5) is 3.99. The monoisotopic (exact) mass is 213 g/mol. The van der Waals surface area contributed by atoms with Crippen molar-refractivity contribution in [1.29, 1.82) is 0 Å². The third kappa shape index (κ3) is 1.71. The summed E-state index contributed by atoms with van der Waals surface area (Å²) in [5.41, 5.74) is 0.499. The Hall–Kier alpha value is -0.930. The fourth-order valence-corrected chi connectivity index (χ4v) is 1.95. The van der Waals surface area contributed by atoms with Gasteiger partial charge in [-0.25, -0.2) is 9.37 Å². The minimum absolute atomic E-state index is 0.270. The molecule has 13 heavy (non-hydrogen) atoms. The molecule has 1 aromatic carbocycles. The largest absolute Gasteiger partial charge is 0.243 e. The Labute approximate surface area is 83.8 Å². The van der Waals surface area contributed by atoms with Crippen molar-refractivity contribution in [3.63, 3.8) is 0 Å². The Morgan fingerprint density at radius 3 is 2.69 bits per heavy atom. The molecule has 2 rings (SSSR count). The molecule has 0 amide bonds. The lowest BCUT2D eigenvalue weighted by Gasteiger charge is -1.96. The van der Waals surface area contributed by atoms with Crippen LogP contribution in [-0.2, 0) is 0 Å². The summed E-state index contributed by atoms with van der Waals surface area (Å²) in [6.07, 6.45) is 1.52. The first-order valence-electron chi connectivity index (χ1n) is 3.63. The third-order valence-electron chi connectivity index (χ3n) is 1.58. The van der Waals surface area contributed by atoms with Gasteiger partial charge in [0.25, 0.3) is 0 Å². The van der Waals surface area contributed by atoms with Crippen molar-refractivity contribution < 1.29 is 4.39 Å². The Morgan fingerprint density at radius 1 is 1.31 bits per heavy atom. The standard InChI is InChI=1S/C9H5ClFNS/c10-8-5-12-9(13-8)6-3-1-2-4-7(6)11/h1-5H. The second kappa shape index (κ2) is 3.44. The van der Waals surface area contributed by atoms with Gasteiger partial charge in [-0.2, -0.15) is 0 Å². The molecule has 0 saturated heterocycles. The van der Waals surface area contributed by atoms with Crippen LogP contribution in [0.1, 0.15) is 0 Å². The molecule has 1 heterocycles. The SMILES string of the molecule is Fc1ccccc1-c1ncc(Cl)s1. The number of halogens is 2. The van der Waals surface area contributed by atoms with E-state index in [2.05, 4.69) is 4.98 Å². The number of hydrogen-bond acceptors (Lipinski definition) is 2. The molecule has 0 atom stereocenters. The van der Waals surface area contributed by atoms with Gasteiger partial charge in [0.1, 0.15) is 15.2 Å². The van der Waals surface area contributed by atoms with Crippen molar-refractivity contribution in [2.24, 2.45) is 0 Å². The van der Waals surface area contributed by atoms with Crippen LogP contribution in [0, 0.1) is 5.82 Å². The summed E-state index contributed by atoms with van der Waals surface area (Å²) >= 11 is 6.97. The van der Waals surface area contributed by atoms with E-state index in [1.165, 1.54) is 23.6 Å². The van der Waals surface area contributed by atoms with Crippen LogP contribution >= 0.6 is 22.9 Å². The maximum absolute atomic E-state index is 13.2. The number of rotatable bonds is 1. The molecular formula is C9H5ClFNS. The maximum Gasteiger partial charge on any atom is 0.133 e. The third-order valence-corrected chi connectivity index (χ3v) is 2.73. The molecule has 0 spiro atoms. The Balaban J connectivity index is 2.52. The van der Waals surface area contributed by atoms with Gasteiger partial charge in [-0.15, -0.1) is 11.3 Å². The van der Waals surface area contributed by atoms with Crippen molar-refractivity contribution in [2.45, 2.75) is 0 Å². The fourth-order valence-electron chi connectivity index (χ4n) is 1.01. The average molecular weight is 214 g/mol. The fraction of sp³-hybridized carbons (Fsp3) is 0. The van der Waals surface area contributed by atoms with E-state index in [1.54, 1.807) is 18.2 Å². The lowest BCUT2D eigenvalue weighted by Crippen LogP contribution is -1.80. The highest BCUT2D eigenvalue weighted by atomic mass is 35.5. The molecule has 66 valence electrons. The molecule has 1 nitrogen and oxygen atoms in total. The van der Waals surface area contributed by atoms with Gasteiger partial charge in [0.15, 0.2) is 0 Å². The highest BCUT2D eigenvalue weighted by molar-refractivity contribution is 7.18. The molecule has 0 saturated carbocycles. The Morgan fingerprint density at radius 2 is 2.08 bits per heavy atom. The molecule has 0 aliphatic carbocycles. The summed E-state index contributed by atoms with van der Waals surface area (Å²) in [6.45, 7) is 0. The number of thiazole rings is 1. The molecule has 4 heteroatoms. The molecule has 0 aliphatic heterocycles. The van der Waals surface area contributed by atoms with Crippen molar-refractivity contribution in [1.82, 2.24) is 4.98 Å². The van der Waals surface area contributed by atoms with E-state index < -0.39 is 0 Å². The predicted octanol–water partition coefficient (Wildman–Crippen LogP) is 3.60. The van der Waals surface area contributed by atoms with Crippen LogP contribution in [0.2, 0.25) is 4.34 Å². The van der Waals surface area contributed by atoms with Gasteiger partial charge in [0.2, 0.25) is 0 Å². The zero-order chi connectivity index (χ0) is 9.26. The lowest BCUT2D eigenvalue weighted by molar-refractivity contribution is 0.631. The number of hydrogen-bond donors (Lipinski definition) is 0. The van der Waals surface area contributed by atoms with Gasteiger partial charge in [-0.05, 0) is 12.1 Å². The summed E-state index contributed by atoms with van der Waals surface area (Å²) < 4.78 is 13.8.